The second-order valence-corrected chi connectivity index (χ2v) is 5.13. The highest BCUT2D eigenvalue weighted by Crippen LogP contribution is 2.26. The standard InChI is InChI=1S/C15H15ClN2O2/c1-10-8-12(16)6-7-13(10)14(17)9-11-4-2-3-5-15(11)18(19)20/h2-8,14H,9,17H2,1H3. The Morgan fingerprint density at radius 1 is 1.30 bits per heavy atom. The third kappa shape index (κ3) is 3.15. The quantitative estimate of drug-likeness (QED) is 0.688. The molecule has 104 valence electrons. The first-order valence-corrected chi connectivity index (χ1v) is 6.60. The number of benzene rings is 2. The van der Waals surface area contributed by atoms with Gasteiger partial charge in [0.15, 0.2) is 0 Å². The first kappa shape index (κ1) is 14.5. The molecule has 5 heteroatoms. The summed E-state index contributed by atoms with van der Waals surface area (Å²) in [5.74, 6) is 0. The van der Waals surface area contributed by atoms with Crippen molar-refractivity contribution in [3.05, 3.63) is 74.3 Å². The zero-order valence-electron chi connectivity index (χ0n) is 11.0. The van der Waals surface area contributed by atoms with Crippen molar-refractivity contribution in [1.82, 2.24) is 0 Å². The number of nitrogens with zero attached hydrogens (tertiary/aromatic N) is 1. The monoisotopic (exact) mass is 290 g/mol. The molecule has 0 aliphatic rings. The molecule has 2 aromatic carbocycles. The molecule has 0 heterocycles. The summed E-state index contributed by atoms with van der Waals surface area (Å²) in [4.78, 5) is 10.6. The van der Waals surface area contributed by atoms with Gasteiger partial charge < -0.3 is 5.73 Å². The summed E-state index contributed by atoms with van der Waals surface area (Å²) in [6.07, 6.45) is 0.416. The fourth-order valence-electron chi connectivity index (χ4n) is 2.26. The van der Waals surface area contributed by atoms with Crippen LogP contribution in [0.3, 0.4) is 0 Å². The van der Waals surface area contributed by atoms with Crippen molar-refractivity contribution in [2.24, 2.45) is 5.73 Å². The number of hydrogen-bond acceptors (Lipinski definition) is 3. The van der Waals surface area contributed by atoms with Crippen molar-refractivity contribution in [2.75, 3.05) is 0 Å². The lowest BCUT2D eigenvalue weighted by Gasteiger charge is -2.15. The van der Waals surface area contributed by atoms with Crippen LogP contribution in [-0.4, -0.2) is 4.92 Å². The van der Waals surface area contributed by atoms with E-state index in [1.807, 2.05) is 19.1 Å². The summed E-state index contributed by atoms with van der Waals surface area (Å²) in [6, 6.07) is 11.9. The molecular formula is C15H15ClN2O2. The van der Waals surface area contributed by atoms with Crippen molar-refractivity contribution < 1.29 is 4.92 Å². The number of aryl methyl sites for hydroxylation is 1. The van der Waals surface area contributed by atoms with E-state index >= 15 is 0 Å². The zero-order valence-corrected chi connectivity index (χ0v) is 11.8. The Kier molecular flexibility index (Phi) is 4.37. The van der Waals surface area contributed by atoms with Crippen LogP contribution in [0.15, 0.2) is 42.5 Å². The summed E-state index contributed by atoms with van der Waals surface area (Å²) < 4.78 is 0. The van der Waals surface area contributed by atoms with Gasteiger partial charge in [0.25, 0.3) is 5.69 Å². The lowest BCUT2D eigenvalue weighted by molar-refractivity contribution is -0.385. The van der Waals surface area contributed by atoms with Crippen molar-refractivity contribution in [3.8, 4) is 0 Å². The predicted octanol–water partition coefficient (Wildman–Crippen LogP) is 3.80. The van der Waals surface area contributed by atoms with Crippen molar-refractivity contribution in [1.29, 1.82) is 0 Å². The average molecular weight is 291 g/mol. The van der Waals surface area contributed by atoms with Crippen molar-refractivity contribution in [2.45, 2.75) is 19.4 Å². The molecule has 20 heavy (non-hydrogen) atoms. The molecule has 1 unspecified atom stereocenters. The molecule has 0 aromatic heterocycles. The largest absolute Gasteiger partial charge is 0.324 e. The van der Waals surface area contributed by atoms with Crippen LogP contribution >= 0.6 is 11.6 Å². The Morgan fingerprint density at radius 3 is 2.65 bits per heavy atom. The third-order valence-corrected chi connectivity index (χ3v) is 3.49. The van der Waals surface area contributed by atoms with E-state index in [1.54, 1.807) is 24.3 Å². The molecular weight excluding hydrogens is 276 g/mol. The van der Waals surface area contributed by atoms with Gasteiger partial charge >= 0.3 is 0 Å². The summed E-state index contributed by atoms with van der Waals surface area (Å²) in [6.45, 7) is 1.93. The normalized spacial score (nSPS) is 12.2. The number of hydrogen-bond donors (Lipinski definition) is 1. The first-order valence-electron chi connectivity index (χ1n) is 6.23. The van der Waals surface area contributed by atoms with Gasteiger partial charge in [0.1, 0.15) is 0 Å². The predicted molar refractivity (Wildman–Crippen MR) is 79.9 cm³/mol. The van der Waals surface area contributed by atoms with Gasteiger partial charge in [-0.2, -0.15) is 0 Å². The van der Waals surface area contributed by atoms with Crippen LogP contribution in [0.1, 0.15) is 22.7 Å². The summed E-state index contributed by atoms with van der Waals surface area (Å²) in [5.41, 5.74) is 8.87. The number of rotatable bonds is 4. The minimum Gasteiger partial charge on any atom is -0.324 e. The van der Waals surface area contributed by atoms with Crippen molar-refractivity contribution in [3.63, 3.8) is 0 Å². The smallest absolute Gasteiger partial charge is 0.272 e. The molecule has 2 rings (SSSR count). The van der Waals surface area contributed by atoms with E-state index in [0.29, 0.717) is 17.0 Å². The van der Waals surface area contributed by atoms with Gasteiger partial charge in [0.05, 0.1) is 4.92 Å². The van der Waals surface area contributed by atoms with E-state index < -0.39 is 0 Å². The van der Waals surface area contributed by atoms with Gasteiger partial charge in [-0.1, -0.05) is 35.9 Å². The van der Waals surface area contributed by atoms with Gasteiger partial charge in [-0.05, 0) is 36.6 Å². The van der Waals surface area contributed by atoms with E-state index in [4.69, 9.17) is 17.3 Å². The van der Waals surface area contributed by atoms with Crippen LogP contribution in [0.5, 0.6) is 0 Å². The Morgan fingerprint density at radius 2 is 2.00 bits per heavy atom. The molecule has 2 N–H and O–H groups in total. The Labute approximate surface area is 122 Å². The van der Waals surface area contributed by atoms with E-state index in [2.05, 4.69) is 0 Å². The van der Waals surface area contributed by atoms with Crippen LogP contribution in [0.4, 0.5) is 5.69 Å². The number of nitro benzene ring substituents is 1. The third-order valence-electron chi connectivity index (χ3n) is 3.26. The lowest BCUT2D eigenvalue weighted by atomic mass is 9.95. The summed E-state index contributed by atoms with van der Waals surface area (Å²) >= 11 is 5.92. The lowest BCUT2D eigenvalue weighted by Crippen LogP contribution is -2.15. The van der Waals surface area contributed by atoms with Crippen LogP contribution in [0.2, 0.25) is 5.02 Å². The summed E-state index contributed by atoms with van der Waals surface area (Å²) in [7, 11) is 0. The molecule has 0 aliphatic carbocycles. The molecule has 0 aliphatic heterocycles. The van der Waals surface area contributed by atoms with E-state index in [9.17, 15) is 10.1 Å². The average Bonchev–Trinajstić information content (AvgIpc) is 2.38. The van der Waals surface area contributed by atoms with Gasteiger partial charge in [-0.25, -0.2) is 0 Å². The van der Waals surface area contributed by atoms with E-state index in [-0.39, 0.29) is 16.7 Å². The van der Waals surface area contributed by atoms with Crippen LogP contribution < -0.4 is 5.73 Å². The molecule has 0 radical (unpaired) electrons. The Balaban J connectivity index is 2.28. The van der Waals surface area contributed by atoms with Crippen LogP contribution in [0.25, 0.3) is 0 Å². The van der Waals surface area contributed by atoms with Crippen LogP contribution in [0, 0.1) is 17.0 Å². The maximum Gasteiger partial charge on any atom is 0.272 e. The fraction of sp³-hybridized carbons (Fsp3) is 0.200. The summed E-state index contributed by atoms with van der Waals surface area (Å²) in [5, 5.41) is 11.7. The van der Waals surface area contributed by atoms with E-state index in [0.717, 1.165) is 11.1 Å². The topological polar surface area (TPSA) is 69.2 Å². The fourth-order valence-corrected chi connectivity index (χ4v) is 2.49. The highest BCUT2D eigenvalue weighted by Gasteiger charge is 2.17. The molecule has 0 saturated carbocycles. The maximum absolute atomic E-state index is 11.0. The molecule has 4 nitrogen and oxygen atoms in total. The minimum atomic E-state index is -0.378. The SMILES string of the molecule is Cc1cc(Cl)ccc1C(N)Cc1ccccc1[N+](=O)[O-]. The molecule has 0 bridgehead atoms. The number of nitro groups is 1. The second-order valence-electron chi connectivity index (χ2n) is 4.70. The second kappa shape index (κ2) is 6.03. The van der Waals surface area contributed by atoms with Gasteiger partial charge in [-0.15, -0.1) is 0 Å². The van der Waals surface area contributed by atoms with Crippen molar-refractivity contribution >= 4 is 17.3 Å². The minimum absolute atomic E-state index is 0.106. The highest BCUT2D eigenvalue weighted by molar-refractivity contribution is 6.30. The maximum atomic E-state index is 11.0. The molecule has 2 aromatic rings. The Hall–Kier alpha value is -1.91. The first-order chi connectivity index (χ1) is 9.49. The zero-order chi connectivity index (χ0) is 14.7. The highest BCUT2D eigenvalue weighted by atomic mass is 35.5. The Bertz CT molecular complexity index is 644. The number of nitrogens with two attached hydrogens (primary N) is 1. The van der Waals surface area contributed by atoms with E-state index in [1.165, 1.54) is 6.07 Å². The van der Waals surface area contributed by atoms with Crippen LogP contribution in [-0.2, 0) is 6.42 Å². The van der Waals surface area contributed by atoms with Gasteiger partial charge in [0, 0.05) is 22.7 Å². The van der Waals surface area contributed by atoms with Gasteiger partial charge in [0.2, 0.25) is 0 Å². The molecule has 0 spiro atoms. The number of para-hydroxylation sites is 1. The van der Waals surface area contributed by atoms with Gasteiger partial charge in [-0.3, -0.25) is 10.1 Å². The molecule has 1 atom stereocenters. The molecule has 0 saturated heterocycles. The number of halogens is 1. The molecule has 0 amide bonds. The molecule has 0 fully saturated rings.